The minimum absolute atomic E-state index is 0.847. The Kier molecular flexibility index (Phi) is 7.45. The molecule has 146 valence electrons. The molecule has 0 radical (unpaired) electrons. The first kappa shape index (κ1) is 19.6. The normalized spacial score (nSPS) is 16.6. The summed E-state index contributed by atoms with van der Waals surface area (Å²) in [5.41, 5.74) is 2.37. The number of fused-ring (bicyclic) bond motifs is 1. The lowest BCUT2D eigenvalue weighted by Gasteiger charge is -2.30. The molecule has 2 aromatic rings. The van der Waals surface area contributed by atoms with Crippen molar-refractivity contribution in [3.8, 4) is 0 Å². The molecular formula is C22H33N5. The summed E-state index contributed by atoms with van der Waals surface area (Å²) in [5, 5.41) is 8.06. The minimum atomic E-state index is 0.847. The molecule has 1 aromatic carbocycles. The number of rotatable bonds is 7. The summed E-state index contributed by atoms with van der Waals surface area (Å²) in [5.74, 6) is 1.79. The second-order valence-corrected chi connectivity index (χ2v) is 7.55. The summed E-state index contributed by atoms with van der Waals surface area (Å²) < 4.78 is 0. The Labute approximate surface area is 163 Å². The molecule has 2 heterocycles. The average Bonchev–Trinajstić information content (AvgIpc) is 2.71. The maximum atomic E-state index is 4.53. The van der Waals surface area contributed by atoms with E-state index in [0.717, 1.165) is 43.3 Å². The quantitative estimate of drug-likeness (QED) is 0.449. The molecule has 5 nitrogen and oxygen atoms in total. The Bertz CT molecular complexity index is 729. The SMILES string of the molecule is CN=C(NCCCN1CCC(C)CC1)NCCc1cccc2cccnc12. The maximum absolute atomic E-state index is 4.53. The van der Waals surface area contributed by atoms with Crippen LogP contribution >= 0.6 is 0 Å². The first-order chi connectivity index (χ1) is 13.3. The van der Waals surface area contributed by atoms with E-state index in [0.29, 0.717) is 0 Å². The number of para-hydroxylation sites is 1. The predicted molar refractivity (Wildman–Crippen MR) is 114 cm³/mol. The molecular weight excluding hydrogens is 334 g/mol. The smallest absolute Gasteiger partial charge is 0.190 e. The number of aliphatic imine (C=N–C) groups is 1. The largest absolute Gasteiger partial charge is 0.356 e. The van der Waals surface area contributed by atoms with Crippen LogP contribution in [-0.4, -0.2) is 55.6 Å². The van der Waals surface area contributed by atoms with E-state index in [1.165, 1.54) is 43.4 Å². The van der Waals surface area contributed by atoms with Gasteiger partial charge in [-0.1, -0.05) is 31.2 Å². The highest BCUT2D eigenvalue weighted by Gasteiger charge is 2.14. The lowest BCUT2D eigenvalue weighted by molar-refractivity contribution is 0.191. The lowest BCUT2D eigenvalue weighted by atomic mass is 9.99. The zero-order chi connectivity index (χ0) is 18.9. The predicted octanol–water partition coefficient (Wildman–Crippen LogP) is 3.06. The third kappa shape index (κ3) is 5.93. The fraction of sp³-hybridized carbons (Fsp3) is 0.545. The van der Waals surface area contributed by atoms with Gasteiger partial charge in [-0.25, -0.2) is 0 Å². The molecule has 0 bridgehead atoms. The van der Waals surface area contributed by atoms with Crippen LogP contribution in [0.2, 0.25) is 0 Å². The van der Waals surface area contributed by atoms with E-state index >= 15 is 0 Å². The number of pyridine rings is 1. The molecule has 0 amide bonds. The van der Waals surface area contributed by atoms with Crippen molar-refractivity contribution >= 4 is 16.9 Å². The summed E-state index contributed by atoms with van der Waals surface area (Å²) in [6.45, 7) is 7.86. The van der Waals surface area contributed by atoms with E-state index in [1.54, 1.807) is 0 Å². The van der Waals surface area contributed by atoms with E-state index in [2.05, 4.69) is 56.7 Å². The van der Waals surface area contributed by atoms with Crippen LogP contribution in [-0.2, 0) is 6.42 Å². The second kappa shape index (κ2) is 10.3. The van der Waals surface area contributed by atoms with Gasteiger partial charge >= 0.3 is 0 Å². The van der Waals surface area contributed by atoms with E-state index < -0.39 is 0 Å². The number of hydrogen-bond donors (Lipinski definition) is 2. The van der Waals surface area contributed by atoms with Crippen LogP contribution in [0.15, 0.2) is 41.5 Å². The number of nitrogens with zero attached hydrogens (tertiary/aromatic N) is 3. The summed E-state index contributed by atoms with van der Waals surface area (Å²) in [6, 6.07) is 10.5. The Morgan fingerprint density at radius 1 is 1.15 bits per heavy atom. The average molecular weight is 368 g/mol. The molecule has 0 aliphatic carbocycles. The number of likely N-dealkylation sites (tertiary alicyclic amines) is 1. The van der Waals surface area contributed by atoms with Crippen molar-refractivity contribution in [1.29, 1.82) is 0 Å². The van der Waals surface area contributed by atoms with Crippen LogP contribution in [0.3, 0.4) is 0 Å². The highest BCUT2D eigenvalue weighted by molar-refractivity contribution is 5.82. The van der Waals surface area contributed by atoms with E-state index in [1.807, 2.05) is 19.3 Å². The molecule has 1 saturated heterocycles. The van der Waals surface area contributed by atoms with Crippen LogP contribution in [0.4, 0.5) is 0 Å². The summed E-state index contributed by atoms with van der Waals surface area (Å²) in [7, 11) is 1.83. The van der Waals surface area contributed by atoms with E-state index in [-0.39, 0.29) is 0 Å². The molecule has 1 aliphatic heterocycles. The monoisotopic (exact) mass is 367 g/mol. The molecule has 0 spiro atoms. The fourth-order valence-corrected chi connectivity index (χ4v) is 3.70. The van der Waals surface area contributed by atoms with Crippen LogP contribution in [0.1, 0.15) is 31.7 Å². The zero-order valence-electron chi connectivity index (χ0n) is 16.7. The van der Waals surface area contributed by atoms with Gasteiger partial charge in [-0.15, -0.1) is 0 Å². The first-order valence-electron chi connectivity index (χ1n) is 10.3. The molecule has 1 aliphatic rings. The van der Waals surface area contributed by atoms with Crippen LogP contribution in [0, 0.1) is 5.92 Å². The molecule has 0 atom stereocenters. The highest BCUT2D eigenvalue weighted by atomic mass is 15.2. The minimum Gasteiger partial charge on any atom is -0.356 e. The Morgan fingerprint density at radius 3 is 2.74 bits per heavy atom. The lowest BCUT2D eigenvalue weighted by Crippen LogP contribution is -2.40. The molecule has 0 saturated carbocycles. The zero-order valence-corrected chi connectivity index (χ0v) is 16.7. The van der Waals surface area contributed by atoms with Crippen molar-refractivity contribution < 1.29 is 0 Å². The van der Waals surface area contributed by atoms with Gasteiger partial charge in [-0.05, 0) is 62.9 Å². The van der Waals surface area contributed by atoms with Crippen LogP contribution in [0.5, 0.6) is 0 Å². The maximum Gasteiger partial charge on any atom is 0.190 e. The second-order valence-electron chi connectivity index (χ2n) is 7.55. The van der Waals surface area contributed by atoms with Crippen LogP contribution < -0.4 is 10.6 Å². The summed E-state index contributed by atoms with van der Waals surface area (Å²) in [4.78, 5) is 11.5. The molecule has 2 N–H and O–H groups in total. The number of guanidine groups is 1. The third-order valence-corrected chi connectivity index (χ3v) is 5.45. The van der Waals surface area contributed by atoms with Gasteiger partial charge in [0, 0.05) is 31.7 Å². The molecule has 3 rings (SSSR count). The van der Waals surface area contributed by atoms with Gasteiger partial charge in [-0.2, -0.15) is 0 Å². The van der Waals surface area contributed by atoms with Gasteiger partial charge < -0.3 is 15.5 Å². The van der Waals surface area contributed by atoms with E-state index in [9.17, 15) is 0 Å². The number of hydrogen-bond acceptors (Lipinski definition) is 3. The van der Waals surface area contributed by atoms with Gasteiger partial charge in [-0.3, -0.25) is 9.98 Å². The first-order valence-corrected chi connectivity index (χ1v) is 10.3. The summed E-state index contributed by atoms with van der Waals surface area (Å²) in [6.07, 6.45) is 6.64. The highest BCUT2D eigenvalue weighted by Crippen LogP contribution is 2.16. The molecule has 5 heteroatoms. The Hall–Kier alpha value is -2.14. The van der Waals surface area contributed by atoms with Crippen molar-refractivity contribution in [1.82, 2.24) is 20.5 Å². The number of piperidine rings is 1. The third-order valence-electron chi connectivity index (χ3n) is 5.45. The number of aromatic nitrogens is 1. The van der Waals surface area contributed by atoms with Crippen molar-refractivity contribution in [2.24, 2.45) is 10.9 Å². The standard InChI is InChI=1S/C22H33N5/c1-18-10-16-27(17-11-18)15-5-13-25-22(23-2)26-14-9-20-7-3-6-19-8-4-12-24-21(19)20/h3-4,6-8,12,18H,5,9-11,13-17H2,1-2H3,(H2,23,25,26). The van der Waals surface area contributed by atoms with Gasteiger partial charge in [0.25, 0.3) is 0 Å². The van der Waals surface area contributed by atoms with Gasteiger partial charge in [0.1, 0.15) is 0 Å². The fourth-order valence-electron chi connectivity index (χ4n) is 3.70. The van der Waals surface area contributed by atoms with Crippen molar-refractivity contribution in [3.05, 3.63) is 42.1 Å². The molecule has 0 unspecified atom stereocenters. The topological polar surface area (TPSA) is 52.6 Å². The Balaban J connectivity index is 1.36. The van der Waals surface area contributed by atoms with Gasteiger partial charge in [0.05, 0.1) is 5.52 Å². The van der Waals surface area contributed by atoms with Crippen molar-refractivity contribution in [2.75, 3.05) is 39.8 Å². The Morgan fingerprint density at radius 2 is 1.93 bits per heavy atom. The van der Waals surface area contributed by atoms with Crippen molar-refractivity contribution in [2.45, 2.75) is 32.6 Å². The molecule has 1 fully saturated rings. The number of nitrogens with one attached hydrogen (secondary N) is 2. The molecule has 1 aromatic heterocycles. The molecule has 27 heavy (non-hydrogen) atoms. The van der Waals surface area contributed by atoms with Gasteiger partial charge in [0.15, 0.2) is 5.96 Å². The van der Waals surface area contributed by atoms with E-state index in [4.69, 9.17) is 0 Å². The van der Waals surface area contributed by atoms with Gasteiger partial charge in [0.2, 0.25) is 0 Å². The van der Waals surface area contributed by atoms with Crippen LogP contribution in [0.25, 0.3) is 10.9 Å². The van der Waals surface area contributed by atoms with Crippen molar-refractivity contribution in [3.63, 3.8) is 0 Å². The summed E-state index contributed by atoms with van der Waals surface area (Å²) >= 11 is 0. The number of benzene rings is 1.